The fourth-order valence-corrected chi connectivity index (χ4v) is 2.80. The van der Waals surface area contributed by atoms with Gasteiger partial charge in [-0.2, -0.15) is 0 Å². The first-order chi connectivity index (χ1) is 10.0. The average molecular weight is 302 g/mol. The van der Waals surface area contributed by atoms with Crippen molar-refractivity contribution in [2.24, 2.45) is 5.41 Å². The van der Waals surface area contributed by atoms with Crippen LogP contribution in [0, 0.1) is 5.41 Å². The minimum atomic E-state index is -0.777. The van der Waals surface area contributed by atoms with Crippen LogP contribution in [0.2, 0.25) is 0 Å². The summed E-state index contributed by atoms with van der Waals surface area (Å²) in [7, 11) is 0. The molecule has 1 atom stereocenters. The highest BCUT2D eigenvalue weighted by molar-refractivity contribution is 5.78. The van der Waals surface area contributed by atoms with Crippen LogP contribution in [0.4, 0.5) is 4.79 Å². The van der Waals surface area contributed by atoms with Crippen LogP contribution in [-0.2, 0) is 19.0 Å². The van der Waals surface area contributed by atoms with E-state index < -0.39 is 17.7 Å². The summed E-state index contributed by atoms with van der Waals surface area (Å²) < 4.78 is 15.5. The molecule has 5 heteroatoms. The molecule has 0 aromatic carbocycles. The zero-order valence-electron chi connectivity index (χ0n) is 14.1. The highest BCUT2D eigenvalue weighted by Crippen LogP contribution is 2.39. The number of hydrogen-bond donors (Lipinski definition) is 0. The van der Waals surface area contributed by atoms with Gasteiger partial charge >= 0.3 is 12.1 Å². The second kappa shape index (κ2) is 10.5. The third-order valence-electron chi connectivity index (χ3n) is 3.56. The third-order valence-corrected chi connectivity index (χ3v) is 3.56. The summed E-state index contributed by atoms with van der Waals surface area (Å²) in [6.45, 7) is 10.0. The normalized spacial score (nSPS) is 12.6. The van der Waals surface area contributed by atoms with Gasteiger partial charge in [-0.1, -0.05) is 33.6 Å². The molecular formula is C16H30O5. The molecule has 0 saturated carbocycles. The first-order valence-corrected chi connectivity index (χ1v) is 8.02. The Balaban J connectivity index is 5.36. The molecule has 0 bridgehead atoms. The smallest absolute Gasteiger partial charge is 0.465 e. The van der Waals surface area contributed by atoms with Gasteiger partial charge in [-0.15, -0.1) is 0 Å². The van der Waals surface area contributed by atoms with Crippen molar-refractivity contribution in [3.63, 3.8) is 0 Å². The lowest BCUT2D eigenvalue weighted by Crippen LogP contribution is -2.46. The molecule has 0 N–H and O–H groups in total. The minimum absolute atomic E-state index is 0.253. The summed E-state index contributed by atoms with van der Waals surface area (Å²) >= 11 is 0. The van der Waals surface area contributed by atoms with Crippen LogP contribution in [0.5, 0.6) is 0 Å². The van der Waals surface area contributed by atoms with E-state index in [0.717, 1.165) is 12.8 Å². The van der Waals surface area contributed by atoms with Gasteiger partial charge in [-0.05, 0) is 33.1 Å². The molecule has 0 rings (SSSR count). The molecule has 1 unspecified atom stereocenters. The fraction of sp³-hybridized carbons (Fsp3) is 0.875. The van der Waals surface area contributed by atoms with Crippen molar-refractivity contribution in [3.8, 4) is 0 Å². The van der Waals surface area contributed by atoms with Gasteiger partial charge in [0.25, 0.3) is 0 Å². The van der Waals surface area contributed by atoms with Gasteiger partial charge in [0.05, 0.1) is 13.2 Å². The molecule has 0 aliphatic heterocycles. The predicted molar refractivity (Wildman–Crippen MR) is 81.1 cm³/mol. The van der Waals surface area contributed by atoms with Crippen molar-refractivity contribution in [3.05, 3.63) is 0 Å². The van der Waals surface area contributed by atoms with E-state index in [4.69, 9.17) is 14.2 Å². The molecule has 0 aromatic rings. The van der Waals surface area contributed by atoms with Gasteiger partial charge in [0, 0.05) is 0 Å². The maximum atomic E-state index is 12.5. The standard InChI is InChI=1S/C16H30O5/c1-6-11-16(12-7-2,14(17)19-9-4)13(8-3)21-15(18)20-10-5/h13H,6-12H2,1-5H3. The number of carbonyl (C=O) groups excluding carboxylic acids is 2. The summed E-state index contributed by atoms with van der Waals surface area (Å²) in [5, 5.41) is 0. The maximum absolute atomic E-state index is 12.5. The molecule has 0 saturated heterocycles. The summed E-state index contributed by atoms with van der Waals surface area (Å²) in [5.74, 6) is -0.273. The number of ether oxygens (including phenoxy) is 3. The molecule has 0 aliphatic carbocycles. The average Bonchev–Trinajstić information content (AvgIpc) is 2.45. The Morgan fingerprint density at radius 3 is 1.81 bits per heavy atom. The van der Waals surface area contributed by atoms with E-state index in [1.165, 1.54) is 0 Å². The van der Waals surface area contributed by atoms with E-state index in [2.05, 4.69) is 0 Å². The minimum Gasteiger partial charge on any atom is -0.465 e. The van der Waals surface area contributed by atoms with Crippen molar-refractivity contribution in [1.29, 1.82) is 0 Å². The topological polar surface area (TPSA) is 61.8 Å². The fourth-order valence-electron chi connectivity index (χ4n) is 2.80. The SMILES string of the molecule is CCCC(CCC)(C(=O)OCC)C(CC)OC(=O)OCC. The zero-order valence-corrected chi connectivity index (χ0v) is 14.1. The highest BCUT2D eigenvalue weighted by Gasteiger charge is 2.47. The largest absolute Gasteiger partial charge is 0.508 e. The first-order valence-electron chi connectivity index (χ1n) is 8.02. The van der Waals surface area contributed by atoms with E-state index >= 15 is 0 Å². The molecule has 0 aromatic heterocycles. The summed E-state index contributed by atoms with van der Waals surface area (Å²) in [6.07, 6.45) is 2.23. The van der Waals surface area contributed by atoms with E-state index in [1.807, 2.05) is 20.8 Å². The van der Waals surface area contributed by atoms with Crippen molar-refractivity contribution in [2.75, 3.05) is 13.2 Å². The quantitative estimate of drug-likeness (QED) is 0.569. The van der Waals surface area contributed by atoms with E-state index in [9.17, 15) is 9.59 Å². The molecule has 0 heterocycles. The summed E-state index contributed by atoms with van der Waals surface area (Å²) in [6, 6.07) is 0. The summed E-state index contributed by atoms with van der Waals surface area (Å²) in [4.78, 5) is 24.2. The molecule has 0 amide bonds. The van der Waals surface area contributed by atoms with E-state index in [1.54, 1.807) is 13.8 Å². The molecule has 0 spiro atoms. The lowest BCUT2D eigenvalue weighted by molar-refractivity contribution is -0.166. The van der Waals surface area contributed by atoms with E-state index in [-0.39, 0.29) is 12.6 Å². The maximum Gasteiger partial charge on any atom is 0.508 e. The molecule has 0 aliphatic rings. The van der Waals surface area contributed by atoms with Gasteiger partial charge in [-0.3, -0.25) is 4.79 Å². The molecular weight excluding hydrogens is 272 g/mol. The summed E-state index contributed by atoms with van der Waals surface area (Å²) in [5.41, 5.74) is -0.777. The monoisotopic (exact) mass is 302 g/mol. The Labute approximate surface area is 128 Å². The zero-order chi connectivity index (χ0) is 16.3. The Morgan fingerprint density at radius 1 is 0.905 bits per heavy atom. The molecule has 0 radical (unpaired) electrons. The van der Waals surface area contributed by atoms with Crippen molar-refractivity contribution < 1.29 is 23.8 Å². The Kier molecular flexibility index (Phi) is 9.84. The second-order valence-corrected chi connectivity index (χ2v) is 5.07. The van der Waals surface area contributed by atoms with Crippen LogP contribution in [-0.4, -0.2) is 31.4 Å². The number of rotatable bonds is 10. The molecule has 0 fully saturated rings. The Hall–Kier alpha value is -1.26. The van der Waals surface area contributed by atoms with Crippen LogP contribution in [0.15, 0.2) is 0 Å². The van der Waals surface area contributed by atoms with Crippen molar-refractivity contribution in [2.45, 2.75) is 72.8 Å². The Morgan fingerprint density at radius 2 is 1.43 bits per heavy atom. The molecule has 21 heavy (non-hydrogen) atoms. The van der Waals surface area contributed by atoms with Crippen LogP contribution in [0.1, 0.15) is 66.7 Å². The number of carbonyl (C=O) groups is 2. The first kappa shape index (κ1) is 19.7. The van der Waals surface area contributed by atoms with Crippen LogP contribution >= 0.6 is 0 Å². The lowest BCUT2D eigenvalue weighted by Gasteiger charge is -2.37. The van der Waals surface area contributed by atoms with Gasteiger partial charge < -0.3 is 14.2 Å². The lowest BCUT2D eigenvalue weighted by atomic mass is 9.73. The van der Waals surface area contributed by atoms with Crippen LogP contribution < -0.4 is 0 Å². The highest BCUT2D eigenvalue weighted by atomic mass is 16.7. The second-order valence-electron chi connectivity index (χ2n) is 5.07. The van der Waals surface area contributed by atoms with Crippen molar-refractivity contribution in [1.82, 2.24) is 0 Å². The van der Waals surface area contributed by atoms with Gasteiger partial charge in [-0.25, -0.2) is 4.79 Å². The van der Waals surface area contributed by atoms with Gasteiger partial charge in [0.15, 0.2) is 0 Å². The van der Waals surface area contributed by atoms with Gasteiger partial charge in [0.1, 0.15) is 11.5 Å². The number of esters is 1. The number of hydrogen-bond acceptors (Lipinski definition) is 5. The third kappa shape index (κ3) is 5.56. The molecule has 124 valence electrons. The van der Waals surface area contributed by atoms with Crippen LogP contribution in [0.25, 0.3) is 0 Å². The Bertz CT molecular complexity index is 308. The predicted octanol–water partition coefficient (Wildman–Crippen LogP) is 4.09. The van der Waals surface area contributed by atoms with Crippen LogP contribution in [0.3, 0.4) is 0 Å². The van der Waals surface area contributed by atoms with Crippen molar-refractivity contribution >= 4 is 12.1 Å². The van der Waals surface area contributed by atoms with E-state index in [0.29, 0.717) is 25.9 Å². The molecule has 5 nitrogen and oxygen atoms in total. The van der Waals surface area contributed by atoms with Gasteiger partial charge in [0.2, 0.25) is 0 Å².